The van der Waals surface area contributed by atoms with E-state index < -0.39 is 10.8 Å². The predicted molar refractivity (Wildman–Crippen MR) is 228 cm³/mol. The molecule has 290 valence electrons. The molecule has 1 fully saturated rings. The average Bonchev–Trinajstić information content (AvgIpc) is 3.24. The molecule has 4 N–H and O–H groups in total. The summed E-state index contributed by atoms with van der Waals surface area (Å²) in [6.07, 6.45) is 6.59. The summed E-state index contributed by atoms with van der Waals surface area (Å²) in [5.41, 5.74) is 9.10. The van der Waals surface area contributed by atoms with Gasteiger partial charge < -0.3 is 29.9 Å². The van der Waals surface area contributed by atoms with Gasteiger partial charge in [0.2, 0.25) is 0 Å². The van der Waals surface area contributed by atoms with Gasteiger partial charge >= 0.3 is 0 Å². The van der Waals surface area contributed by atoms with Crippen molar-refractivity contribution in [3.05, 3.63) is 191 Å². The third-order valence-corrected chi connectivity index (χ3v) is 12.6. The second-order valence-corrected chi connectivity index (χ2v) is 16.1. The Morgan fingerprint density at radius 2 is 0.776 bits per heavy atom. The molecule has 1 aliphatic carbocycles. The number of rotatable bonds is 4. The zero-order valence-electron chi connectivity index (χ0n) is 32.7. The van der Waals surface area contributed by atoms with E-state index in [1.165, 1.54) is 48.8 Å². The fourth-order valence-corrected chi connectivity index (χ4v) is 9.33. The van der Waals surface area contributed by atoms with Gasteiger partial charge in [0.1, 0.15) is 46.0 Å². The van der Waals surface area contributed by atoms with Gasteiger partial charge in [0.25, 0.3) is 0 Å². The first-order chi connectivity index (χ1) is 28.1. The Hall–Kier alpha value is -6.66. The van der Waals surface area contributed by atoms with Crippen molar-refractivity contribution < 1.29 is 29.9 Å². The molecule has 6 heteroatoms. The van der Waals surface area contributed by atoms with Crippen LogP contribution in [0.4, 0.5) is 0 Å². The van der Waals surface area contributed by atoms with Gasteiger partial charge in [0.15, 0.2) is 0 Å². The van der Waals surface area contributed by atoms with E-state index >= 15 is 0 Å². The van der Waals surface area contributed by atoms with Gasteiger partial charge in [-0.25, -0.2) is 0 Å². The first-order valence-corrected chi connectivity index (χ1v) is 20.1. The molecule has 7 aromatic carbocycles. The largest absolute Gasteiger partial charge is 0.508 e. The van der Waals surface area contributed by atoms with Crippen LogP contribution in [0.2, 0.25) is 0 Å². The molecule has 0 atom stereocenters. The zero-order valence-corrected chi connectivity index (χ0v) is 32.7. The van der Waals surface area contributed by atoms with Crippen molar-refractivity contribution in [3.63, 3.8) is 0 Å². The lowest BCUT2D eigenvalue weighted by atomic mass is 9.69. The molecule has 0 bridgehead atoms. The molecule has 2 aliphatic heterocycles. The molecular weight excluding hydrogens is 721 g/mol. The highest BCUT2D eigenvalue weighted by molar-refractivity contribution is 5.68. The molecule has 0 radical (unpaired) electrons. The van der Waals surface area contributed by atoms with Crippen LogP contribution in [0.25, 0.3) is 11.1 Å². The highest BCUT2D eigenvalue weighted by Crippen LogP contribution is 2.54. The molecule has 0 amide bonds. The van der Waals surface area contributed by atoms with Gasteiger partial charge in [0, 0.05) is 57.3 Å². The van der Waals surface area contributed by atoms with E-state index in [0.29, 0.717) is 28.9 Å². The number of aromatic hydroxyl groups is 4. The molecule has 0 saturated heterocycles. The van der Waals surface area contributed by atoms with Crippen LogP contribution >= 0.6 is 0 Å². The molecule has 0 spiro atoms. The zero-order chi connectivity index (χ0) is 40.0. The van der Waals surface area contributed by atoms with E-state index in [2.05, 4.69) is 74.5 Å². The summed E-state index contributed by atoms with van der Waals surface area (Å²) in [5, 5.41) is 39.9. The normalized spacial score (nSPS) is 15.8. The Bertz CT molecular complexity index is 2500. The lowest BCUT2D eigenvalue weighted by Crippen LogP contribution is -2.29. The molecule has 0 aromatic heterocycles. The van der Waals surface area contributed by atoms with Crippen LogP contribution in [0.3, 0.4) is 0 Å². The first-order valence-electron chi connectivity index (χ1n) is 20.1. The number of phenols is 4. The maximum Gasteiger partial charge on any atom is 0.135 e. The quantitative estimate of drug-likeness (QED) is 0.142. The summed E-state index contributed by atoms with van der Waals surface area (Å²) in [7, 11) is 0. The third-order valence-electron chi connectivity index (χ3n) is 12.6. The van der Waals surface area contributed by atoms with Crippen molar-refractivity contribution in [1.82, 2.24) is 0 Å². The summed E-state index contributed by atoms with van der Waals surface area (Å²) in [4.78, 5) is 0. The summed E-state index contributed by atoms with van der Waals surface area (Å²) in [5.74, 6) is 3.75. The molecule has 0 unspecified atom stereocenters. The van der Waals surface area contributed by atoms with Gasteiger partial charge in [-0.1, -0.05) is 122 Å². The molecule has 2 heterocycles. The van der Waals surface area contributed by atoms with Crippen LogP contribution in [-0.2, 0) is 10.8 Å². The highest BCUT2D eigenvalue weighted by Gasteiger charge is 2.41. The summed E-state index contributed by atoms with van der Waals surface area (Å²) < 4.78 is 12.1. The Balaban J connectivity index is 0.000000150. The molecule has 1 saturated carbocycles. The van der Waals surface area contributed by atoms with Gasteiger partial charge in [-0.15, -0.1) is 0 Å². The molecular formula is C52H46O6. The molecule has 7 aromatic rings. The van der Waals surface area contributed by atoms with Crippen molar-refractivity contribution >= 4 is 0 Å². The minimum absolute atomic E-state index is 0.147. The maximum absolute atomic E-state index is 9.98. The van der Waals surface area contributed by atoms with Gasteiger partial charge in [-0.2, -0.15) is 0 Å². The van der Waals surface area contributed by atoms with E-state index in [4.69, 9.17) is 9.47 Å². The Morgan fingerprint density at radius 3 is 1.17 bits per heavy atom. The fourth-order valence-electron chi connectivity index (χ4n) is 9.33. The van der Waals surface area contributed by atoms with E-state index in [1.54, 1.807) is 48.5 Å². The Labute approximate surface area is 339 Å². The van der Waals surface area contributed by atoms with Crippen LogP contribution in [-0.4, -0.2) is 20.4 Å². The van der Waals surface area contributed by atoms with E-state index in [1.807, 2.05) is 42.5 Å². The minimum Gasteiger partial charge on any atom is -0.508 e. The maximum atomic E-state index is 9.98. The van der Waals surface area contributed by atoms with Gasteiger partial charge in [-0.05, 0) is 84.7 Å². The monoisotopic (exact) mass is 766 g/mol. The second kappa shape index (κ2) is 14.7. The van der Waals surface area contributed by atoms with Crippen LogP contribution in [0.15, 0.2) is 152 Å². The highest BCUT2D eigenvalue weighted by atomic mass is 16.5. The number of ether oxygens (including phenoxy) is 2. The minimum atomic E-state index is -0.487. The molecule has 10 rings (SSSR count). The topological polar surface area (TPSA) is 99.4 Å². The lowest BCUT2D eigenvalue weighted by molar-refractivity contribution is 0.409. The van der Waals surface area contributed by atoms with E-state index in [0.717, 1.165) is 33.4 Å². The summed E-state index contributed by atoms with van der Waals surface area (Å²) in [6, 6.07) is 48.9. The fraction of sp³-hybridized carbons (Fsp3) is 0.192. The number of phenolic OH excluding ortho intramolecular Hbond substituents is 4. The van der Waals surface area contributed by atoms with Crippen molar-refractivity contribution in [2.75, 3.05) is 0 Å². The van der Waals surface area contributed by atoms with Crippen LogP contribution in [0, 0.1) is 0 Å². The van der Waals surface area contributed by atoms with Gasteiger partial charge in [-0.3, -0.25) is 0 Å². The van der Waals surface area contributed by atoms with Crippen molar-refractivity contribution in [2.45, 2.75) is 62.7 Å². The van der Waals surface area contributed by atoms with Crippen molar-refractivity contribution in [2.24, 2.45) is 0 Å². The average molecular weight is 767 g/mol. The van der Waals surface area contributed by atoms with Crippen LogP contribution < -0.4 is 9.47 Å². The van der Waals surface area contributed by atoms with E-state index in [9.17, 15) is 20.4 Å². The molecule has 58 heavy (non-hydrogen) atoms. The van der Waals surface area contributed by atoms with E-state index in [-0.39, 0.29) is 23.0 Å². The number of benzene rings is 7. The number of hydrogen-bond acceptors (Lipinski definition) is 6. The van der Waals surface area contributed by atoms with Crippen LogP contribution in [0.5, 0.6) is 46.0 Å². The van der Waals surface area contributed by atoms with Crippen LogP contribution in [0.1, 0.15) is 90.8 Å². The smallest absolute Gasteiger partial charge is 0.135 e. The van der Waals surface area contributed by atoms with Crippen molar-refractivity contribution in [1.29, 1.82) is 0 Å². The summed E-state index contributed by atoms with van der Waals surface area (Å²) in [6.45, 7) is 4.34. The standard InChI is InChI=1S/C26H26O3.C26H20O3/c2*1-26(19-9-7-18(8-10-19)17-5-3-2-4-6-17)22-13-11-20(27)15-24(22)29-25-16-21(28)12-14-23(25)26/h7-17,27-28H,2-6H2,1H3;2-16,27-28H,1H3. The number of hydrogen-bond donors (Lipinski definition) is 4. The Morgan fingerprint density at radius 1 is 0.414 bits per heavy atom. The summed E-state index contributed by atoms with van der Waals surface area (Å²) >= 11 is 0. The first kappa shape index (κ1) is 36.9. The third kappa shape index (κ3) is 6.48. The number of fused-ring (bicyclic) bond motifs is 4. The lowest BCUT2D eigenvalue weighted by Gasteiger charge is -2.38. The second-order valence-electron chi connectivity index (χ2n) is 16.1. The molecule has 6 nitrogen and oxygen atoms in total. The Kier molecular flexibility index (Phi) is 9.36. The predicted octanol–water partition coefficient (Wildman–Crippen LogP) is 12.8. The van der Waals surface area contributed by atoms with Crippen molar-refractivity contribution in [3.8, 4) is 57.1 Å². The van der Waals surface area contributed by atoms with Gasteiger partial charge in [0.05, 0.1) is 0 Å². The molecule has 3 aliphatic rings. The SMILES string of the molecule is CC1(c2ccc(-c3ccccc3)cc2)c2ccc(O)cc2Oc2cc(O)ccc21.CC1(c2ccc(C3CCCCC3)cc2)c2ccc(O)cc2Oc2cc(O)ccc21.